The van der Waals surface area contributed by atoms with E-state index in [-0.39, 0.29) is 5.50 Å². The summed E-state index contributed by atoms with van der Waals surface area (Å²) in [5.41, 5.74) is 0.115. The Kier molecular flexibility index (Phi) is 34.5. The van der Waals surface area contributed by atoms with Crippen LogP contribution in [0.1, 0.15) is 0 Å². The van der Waals surface area contributed by atoms with Crippen molar-refractivity contribution in [3.8, 4) is 0 Å². The molecule has 0 amide bonds. The second-order valence-corrected chi connectivity index (χ2v) is 15.7. The molecule has 3 aliphatic heterocycles. The maximum absolute atomic E-state index is 10.4. The maximum Gasteiger partial charge on any atom is 0.507 e. The minimum atomic E-state index is -5.14. The van der Waals surface area contributed by atoms with E-state index < -0.39 is 47.4 Å². The number of rotatable bonds is 0. The first-order chi connectivity index (χ1) is 22.0. The molecular formula is C15H44ClF6N5O18P6. The van der Waals surface area contributed by atoms with Gasteiger partial charge in [0.05, 0.1) is 5.50 Å². The zero-order chi connectivity index (χ0) is 42.2. The standard InChI is InChI=1S/C15H32ClN5.6FH2O3P/c1-17-4-9-20-10-5-18(2)8-13-21(12-7-17)15(16)14-19(3)6-11-20;6*1-5(2,3)4/h15H,4-14H2,1-3H3;6*(H2,2,3,4). The number of halogens is 7. The lowest BCUT2D eigenvalue weighted by molar-refractivity contribution is 0.114. The van der Waals surface area contributed by atoms with Crippen LogP contribution in [0.3, 0.4) is 0 Å². The van der Waals surface area contributed by atoms with Crippen LogP contribution < -0.4 is 0 Å². The van der Waals surface area contributed by atoms with Gasteiger partial charge in [0.15, 0.2) is 0 Å². The Morgan fingerprint density at radius 3 is 0.804 bits per heavy atom. The van der Waals surface area contributed by atoms with Crippen molar-refractivity contribution in [1.29, 1.82) is 0 Å². The van der Waals surface area contributed by atoms with Gasteiger partial charge in [-0.1, -0.05) is 0 Å². The molecule has 23 nitrogen and oxygen atoms in total. The largest absolute Gasteiger partial charge is 0.507 e. The van der Waals surface area contributed by atoms with Crippen molar-refractivity contribution in [1.82, 2.24) is 24.5 Å². The van der Waals surface area contributed by atoms with Crippen LogP contribution >= 0.6 is 59.0 Å². The summed E-state index contributed by atoms with van der Waals surface area (Å²) in [4.78, 5) is 95.9. The van der Waals surface area contributed by atoms with Gasteiger partial charge in [0.25, 0.3) is 0 Å². The van der Waals surface area contributed by atoms with E-state index in [2.05, 4.69) is 45.6 Å². The van der Waals surface area contributed by atoms with Crippen molar-refractivity contribution >= 4 is 59.0 Å². The van der Waals surface area contributed by atoms with Gasteiger partial charge in [0, 0.05) is 72.0 Å². The van der Waals surface area contributed by atoms with Crippen molar-refractivity contribution in [2.24, 2.45) is 0 Å². The topological polar surface area (TPSA) is 361 Å². The summed E-state index contributed by atoms with van der Waals surface area (Å²) in [6.45, 7) is 12.1. The summed E-state index contributed by atoms with van der Waals surface area (Å²) in [5.74, 6) is 0. The lowest BCUT2D eigenvalue weighted by atomic mass is 10.3. The Balaban J connectivity index is -0.000000192. The van der Waals surface area contributed by atoms with Gasteiger partial charge in [-0.05, 0) is 21.1 Å². The van der Waals surface area contributed by atoms with Gasteiger partial charge in [-0.25, -0.2) is 27.4 Å². The Bertz CT molecular complexity index is 971. The van der Waals surface area contributed by atoms with E-state index in [4.69, 9.17) is 97.7 Å². The van der Waals surface area contributed by atoms with Crippen LogP contribution in [0.2, 0.25) is 0 Å². The van der Waals surface area contributed by atoms with Gasteiger partial charge in [0.2, 0.25) is 0 Å². The highest BCUT2D eigenvalue weighted by atomic mass is 35.5. The van der Waals surface area contributed by atoms with Crippen LogP contribution in [0.25, 0.3) is 0 Å². The van der Waals surface area contributed by atoms with E-state index >= 15 is 0 Å². The van der Waals surface area contributed by atoms with E-state index in [9.17, 15) is 25.2 Å². The molecule has 2 bridgehead atoms. The van der Waals surface area contributed by atoms with Crippen molar-refractivity contribution in [3.05, 3.63) is 0 Å². The summed E-state index contributed by atoms with van der Waals surface area (Å²) >= 11 is 6.69. The number of hydrogen-bond donors (Lipinski definition) is 12. The van der Waals surface area contributed by atoms with E-state index in [0.717, 1.165) is 58.9 Å². The third-order valence-corrected chi connectivity index (χ3v) is 5.20. The van der Waals surface area contributed by atoms with E-state index in [1.807, 2.05) is 0 Å². The first kappa shape index (κ1) is 60.8. The van der Waals surface area contributed by atoms with Crippen LogP contribution in [0.15, 0.2) is 0 Å². The zero-order valence-corrected chi connectivity index (χ0v) is 32.9. The second kappa shape index (κ2) is 28.9. The Labute approximate surface area is 293 Å². The number of likely N-dealkylation sites (N-methyl/N-ethyl adjacent to an activating group) is 3. The molecule has 0 aliphatic carbocycles. The molecule has 3 rings (SSSR count). The number of hydrogen-bond acceptors (Lipinski definition) is 11. The first-order valence-corrected chi connectivity index (χ1v) is 22.2. The molecule has 3 heterocycles. The van der Waals surface area contributed by atoms with Crippen molar-refractivity contribution in [2.45, 2.75) is 5.50 Å². The molecule has 1 unspecified atom stereocenters. The van der Waals surface area contributed by atoms with Crippen LogP contribution in [0.5, 0.6) is 0 Å². The zero-order valence-electron chi connectivity index (χ0n) is 26.7. The minimum absolute atomic E-state index is 0.115. The average molecular weight is 918 g/mol. The first-order valence-electron chi connectivity index (χ1n) is 12.7. The van der Waals surface area contributed by atoms with Crippen LogP contribution in [0, 0.1) is 0 Å². The second-order valence-electron chi connectivity index (χ2n) is 9.52. The number of alkyl halides is 1. The van der Waals surface area contributed by atoms with E-state index in [0.29, 0.717) is 0 Å². The Hall–Kier alpha value is 0.570. The Morgan fingerprint density at radius 1 is 0.412 bits per heavy atom. The molecule has 3 saturated heterocycles. The lowest BCUT2D eigenvalue weighted by Crippen LogP contribution is -2.50. The average Bonchev–Trinajstić information content (AvgIpc) is 2.75. The summed E-state index contributed by atoms with van der Waals surface area (Å²) in [6, 6.07) is 0. The number of nitrogens with zero attached hydrogens (tertiary/aromatic N) is 5. The van der Waals surface area contributed by atoms with Crippen molar-refractivity contribution < 1.29 is 111 Å². The van der Waals surface area contributed by atoms with Crippen LogP contribution in [0.4, 0.5) is 25.2 Å². The molecule has 36 heteroatoms. The molecule has 3 aliphatic rings. The molecule has 51 heavy (non-hydrogen) atoms. The van der Waals surface area contributed by atoms with E-state index in [1.165, 1.54) is 13.1 Å². The smallest absolute Gasteiger partial charge is 0.304 e. The summed E-state index contributed by atoms with van der Waals surface area (Å²) < 4.78 is 114. The molecule has 0 radical (unpaired) electrons. The maximum atomic E-state index is 10.4. The van der Waals surface area contributed by atoms with E-state index in [1.54, 1.807) is 0 Å². The molecule has 0 aromatic carbocycles. The van der Waals surface area contributed by atoms with Crippen molar-refractivity contribution in [2.75, 3.05) is 93.1 Å². The quantitative estimate of drug-likeness (QED) is 0.0671. The third kappa shape index (κ3) is 106. The van der Waals surface area contributed by atoms with Gasteiger partial charge in [-0.3, -0.25) is 68.5 Å². The molecule has 0 aromatic heterocycles. The minimum Gasteiger partial charge on any atom is -0.304 e. The molecule has 12 N–H and O–H groups in total. The van der Waals surface area contributed by atoms with Gasteiger partial charge in [-0.15, -0.1) is 36.8 Å². The predicted molar refractivity (Wildman–Crippen MR) is 169 cm³/mol. The molecule has 0 aromatic rings. The predicted octanol–water partition coefficient (Wildman–Crippen LogP) is 0.270. The fraction of sp³-hybridized carbons (Fsp3) is 1.00. The number of fused-ring (bicyclic) bond motifs is 12. The molecular weight excluding hydrogens is 873 g/mol. The monoisotopic (exact) mass is 917 g/mol. The van der Waals surface area contributed by atoms with Crippen LogP contribution in [-0.2, 0) is 27.4 Å². The molecule has 316 valence electrons. The molecule has 0 saturated carbocycles. The fourth-order valence-electron chi connectivity index (χ4n) is 2.95. The Morgan fingerprint density at radius 2 is 0.588 bits per heavy atom. The normalized spacial score (nSPS) is 21.9. The molecule has 1 atom stereocenters. The molecule has 0 spiro atoms. The summed E-state index contributed by atoms with van der Waals surface area (Å²) in [6.07, 6.45) is 0. The van der Waals surface area contributed by atoms with Gasteiger partial charge >= 0.3 is 47.4 Å². The summed E-state index contributed by atoms with van der Waals surface area (Å²) in [7, 11) is -24.2. The highest BCUT2D eigenvalue weighted by Crippen LogP contribution is 2.37. The van der Waals surface area contributed by atoms with Crippen molar-refractivity contribution in [3.63, 3.8) is 0 Å². The fourth-order valence-corrected chi connectivity index (χ4v) is 3.38. The highest BCUT2D eigenvalue weighted by molar-refractivity contribution is 7.46. The van der Waals surface area contributed by atoms with Gasteiger partial charge in [0.1, 0.15) is 0 Å². The lowest BCUT2D eigenvalue weighted by Gasteiger charge is -2.37. The van der Waals surface area contributed by atoms with Gasteiger partial charge in [-0.2, -0.15) is 0 Å². The van der Waals surface area contributed by atoms with Crippen LogP contribution in [-0.4, -0.2) is 182 Å². The SMILES string of the molecule is CN1CCN2CCN(C)CCN(CC1)C(Cl)CN(C)CC2.O=P(O)(O)F.O=P(O)(O)F.O=P(O)(O)F.O=P(O)(O)F.O=P(O)(O)F.O=P(O)(O)F. The highest BCUT2D eigenvalue weighted by Gasteiger charge is 2.21. The molecule has 3 fully saturated rings. The third-order valence-electron chi connectivity index (χ3n) is 4.79. The van der Waals surface area contributed by atoms with Gasteiger partial charge < -0.3 is 14.7 Å². The summed E-state index contributed by atoms with van der Waals surface area (Å²) in [5, 5.41) is 0.